The lowest BCUT2D eigenvalue weighted by Gasteiger charge is -2.22. The first-order chi connectivity index (χ1) is 9.90. The zero-order chi connectivity index (χ0) is 15.5. The molecule has 1 aromatic rings. The second-order valence-electron chi connectivity index (χ2n) is 5.79. The Morgan fingerprint density at radius 3 is 2.86 bits per heavy atom. The molecule has 2 rings (SSSR count). The van der Waals surface area contributed by atoms with Gasteiger partial charge in [-0.2, -0.15) is 11.8 Å². The lowest BCUT2D eigenvalue weighted by Crippen LogP contribution is -2.36. The number of thioether (sulfide) groups is 1. The van der Waals surface area contributed by atoms with Crippen LogP contribution in [0.1, 0.15) is 38.8 Å². The molecule has 1 aliphatic heterocycles. The van der Waals surface area contributed by atoms with E-state index < -0.39 is 10.0 Å². The van der Waals surface area contributed by atoms with Crippen molar-refractivity contribution < 1.29 is 8.42 Å². The number of aromatic nitrogens is 1. The number of nitrogens with two attached hydrogens (primary N) is 1. The number of hydrogen-bond acceptors (Lipinski definition) is 4. The molecule has 0 aromatic carbocycles. The van der Waals surface area contributed by atoms with Crippen molar-refractivity contribution in [2.75, 3.05) is 12.3 Å². The maximum absolute atomic E-state index is 12.4. The highest BCUT2D eigenvalue weighted by atomic mass is 32.2. The zero-order valence-electron chi connectivity index (χ0n) is 12.8. The summed E-state index contributed by atoms with van der Waals surface area (Å²) in [6.45, 7) is 5.81. The molecule has 0 amide bonds. The van der Waals surface area contributed by atoms with Crippen LogP contribution in [0.2, 0.25) is 0 Å². The van der Waals surface area contributed by atoms with Gasteiger partial charge in [0.2, 0.25) is 10.0 Å². The molecule has 0 radical (unpaired) electrons. The van der Waals surface area contributed by atoms with Gasteiger partial charge in [0.1, 0.15) is 0 Å². The Kier molecular flexibility index (Phi) is 5.40. The lowest BCUT2D eigenvalue weighted by atomic mass is 10.1. The molecule has 1 unspecified atom stereocenters. The number of sulfonamides is 1. The van der Waals surface area contributed by atoms with Gasteiger partial charge in [-0.3, -0.25) is 0 Å². The van der Waals surface area contributed by atoms with E-state index in [4.69, 9.17) is 5.73 Å². The Morgan fingerprint density at radius 1 is 1.52 bits per heavy atom. The van der Waals surface area contributed by atoms with E-state index in [1.165, 1.54) is 0 Å². The third-order valence-corrected chi connectivity index (χ3v) is 6.79. The summed E-state index contributed by atoms with van der Waals surface area (Å²) in [6, 6.07) is 1.68. The number of hydrogen-bond donors (Lipinski definition) is 2. The molecule has 0 aliphatic carbocycles. The predicted octanol–water partition coefficient (Wildman–Crippen LogP) is 1.92. The molecule has 1 saturated heterocycles. The molecule has 0 bridgehead atoms. The second-order valence-corrected chi connectivity index (χ2v) is 9.24. The van der Waals surface area contributed by atoms with Crippen LogP contribution in [-0.2, 0) is 23.1 Å². The Hall–Kier alpha value is -0.500. The maximum Gasteiger partial charge on any atom is 0.242 e. The van der Waals surface area contributed by atoms with Crippen LogP contribution >= 0.6 is 11.8 Å². The molecule has 1 atom stereocenters. The Labute approximate surface area is 131 Å². The number of nitrogens with zero attached hydrogens (tertiary/aromatic N) is 1. The average molecular weight is 332 g/mol. The van der Waals surface area contributed by atoms with Crippen molar-refractivity contribution in [2.24, 2.45) is 5.73 Å². The summed E-state index contributed by atoms with van der Waals surface area (Å²) in [5.74, 6) is 1.11. The van der Waals surface area contributed by atoms with E-state index in [0.717, 1.165) is 37.3 Å². The first-order valence-corrected chi connectivity index (χ1v) is 9.90. The highest BCUT2D eigenvalue weighted by molar-refractivity contribution is 8.01. The van der Waals surface area contributed by atoms with E-state index in [-0.39, 0.29) is 4.75 Å². The van der Waals surface area contributed by atoms with Crippen molar-refractivity contribution >= 4 is 21.8 Å². The monoisotopic (exact) mass is 331 g/mol. The summed E-state index contributed by atoms with van der Waals surface area (Å²) in [7, 11) is -3.46. The van der Waals surface area contributed by atoms with Gasteiger partial charge in [0, 0.05) is 36.3 Å². The topological polar surface area (TPSA) is 77.1 Å². The number of aryl methyl sites for hydroxylation is 1. The summed E-state index contributed by atoms with van der Waals surface area (Å²) in [4.78, 5) is 0.322. The first kappa shape index (κ1) is 16.9. The van der Waals surface area contributed by atoms with Crippen LogP contribution in [-0.4, -0.2) is 30.0 Å². The van der Waals surface area contributed by atoms with E-state index >= 15 is 0 Å². The molecule has 0 saturated carbocycles. The second kappa shape index (κ2) is 6.73. The van der Waals surface area contributed by atoms with Crippen molar-refractivity contribution in [3.63, 3.8) is 0 Å². The molecule has 21 heavy (non-hydrogen) atoms. The Bertz CT molecular complexity index is 575. The number of rotatable bonds is 7. The summed E-state index contributed by atoms with van der Waals surface area (Å²) < 4.78 is 29.6. The van der Waals surface area contributed by atoms with Gasteiger partial charge in [0.05, 0.1) is 4.90 Å². The summed E-state index contributed by atoms with van der Waals surface area (Å²) >= 11 is 1.85. The van der Waals surface area contributed by atoms with Crippen LogP contribution in [0.25, 0.3) is 0 Å². The summed E-state index contributed by atoms with van der Waals surface area (Å²) in [5, 5.41) is 0. The standard InChI is InChI=1S/C14H25N3O2S2/c1-3-6-17-10-13(8-12(17)9-15)21(18,19)16-11-14(2)5-4-7-20-14/h8,10,16H,3-7,9,11,15H2,1-2H3. The molecule has 2 heterocycles. The van der Waals surface area contributed by atoms with E-state index in [2.05, 4.69) is 18.6 Å². The van der Waals surface area contributed by atoms with Gasteiger partial charge in [-0.05, 0) is 38.0 Å². The van der Waals surface area contributed by atoms with Crippen LogP contribution in [0.4, 0.5) is 0 Å². The fraction of sp³-hybridized carbons (Fsp3) is 0.714. The number of nitrogens with one attached hydrogen (secondary N) is 1. The van der Waals surface area contributed by atoms with Crippen LogP contribution in [0.15, 0.2) is 17.2 Å². The third kappa shape index (κ3) is 4.03. The fourth-order valence-electron chi connectivity index (χ4n) is 2.60. The summed E-state index contributed by atoms with van der Waals surface area (Å²) in [5.41, 5.74) is 6.55. The minimum atomic E-state index is -3.46. The Morgan fingerprint density at radius 2 is 2.29 bits per heavy atom. The van der Waals surface area contributed by atoms with Gasteiger partial charge < -0.3 is 10.3 Å². The van der Waals surface area contributed by atoms with Crippen molar-refractivity contribution in [2.45, 2.75) is 55.8 Å². The average Bonchev–Trinajstić information content (AvgIpc) is 3.05. The minimum Gasteiger partial charge on any atom is -0.349 e. The molecule has 120 valence electrons. The van der Waals surface area contributed by atoms with E-state index in [0.29, 0.717) is 18.0 Å². The molecule has 1 fully saturated rings. The largest absolute Gasteiger partial charge is 0.349 e. The van der Waals surface area contributed by atoms with Crippen molar-refractivity contribution in [3.8, 4) is 0 Å². The van der Waals surface area contributed by atoms with Crippen molar-refractivity contribution in [1.29, 1.82) is 0 Å². The van der Waals surface area contributed by atoms with Crippen LogP contribution in [0, 0.1) is 0 Å². The predicted molar refractivity (Wildman–Crippen MR) is 87.9 cm³/mol. The Balaban J connectivity index is 2.11. The lowest BCUT2D eigenvalue weighted by molar-refractivity contribution is 0.552. The van der Waals surface area contributed by atoms with Crippen molar-refractivity contribution in [3.05, 3.63) is 18.0 Å². The molecular weight excluding hydrogens is 306 g/mol. The van der Waals surface area contributed by atoms with Crippen LogP contribution in [0.3, 0.4) is 0 Å². The maximum atomic E-state index is 12.4. The van der Waals surface area contributed by atoms with Crippen molar-refractivity contribution in [1.82, 2.24) is 9.29 Å². The van der Waals surface area contributed by atoms with E-state index in [9.17, 15) is 8.42 Å². The van der Waals surface area contributed by atoms with Crippen LogP contribution in [0.5, 0.6) is 0 Å². The quantitative estimate of drug-likeness (QED) is 0.800. The minimum absolute atomic E-state index is 0.0236. The summed E-state index contributed by atoms with van der Waals surface area (Å²) in [6.07, 6.45) is 4.86. The molecule has 0 spiro atoms. The van der Waals surface area contributed by atoms with Gasteiger partial charge >= 0.3 is 0 Å². The molecule has 3 N–H and O–H groups in total. The van der Waals surface area contributed by atoms with Gasteiger partial charge in [0.25, 0.3) is 0 Å². The molecule has 1 aliphatic rings. The van der Waals surface area contributed by atoms with Gasteiger partial charge in [-0.15, -0.1) is 0 Å². The SMILES string of the molecule is CCCn1cc(S(=O)(=O)NCC2(C)CCCS2)cc1CN. The molecule has 1 aromatic heterocycles. The molecular formula is C14H25N3O2S2. The zero-order valence-corrected chi connectivity index (χ0v) is 14.4. The smallest absolute Gasteiger partial charge is 0.242 e. The van der Waals surface area contributed by atoms with Gasteiger partial charge in [-0.1, -0.05) is 6.92 Å². The van der Waals surface area contributed by atoms with Crippen LogP contribution < -0.4 is 10.5 Å². The van der Waals surface area contributed by atoms with Gasteiger partial charge in [-0.25, -0.2) is 13.1 Å². The highest BCUT2D eigenvalue weighted by Gasteiger charge is 2.31. The first-order valence-electron chi connectivity index (χ1n) is 7.43. The molecule has 7 heteroatoms. The fourth-order valence-corrected chi connectivity index (χ4v) is 5.17. The van der Waals surface area contributed by atoms with E-state index in [1.54, 1.807) is 12.3 Å². The highest BCUT2D eigenvalue weighted by Crippen LogP contribution is 2.37. The normalized spacial score (nSPS) is 22.8. The van der Waals surface area contributed by atoms with E-state index in [1.807, 2.05) is 16.3 Å². The molecule has 5 nitrogen and oxygen atoms in total. The van der Waals surface area contributed by atoms with Gasteiger partial charge in [0.15, 0.2) is 0 Å². The third-order valence-electron chi connectivity index (χ3n) is 3.88.